The maximum absolute atomic E-state index is 13.5. The Morgan fingerprint density at radius 2 is 1.83 bits per heavy atom. The summed E-state index contributed by atoms with van der Waals surface area (Å²) in [6, 6.07) is 15.2. The molecule has 46 heavy (non-hydrogen) atoms. The van der Waals surface area contributed by atoms with Gasteiger partial charge < -0.3 is 14.2 Å². The van der Waals surface area contributed by atoms with Crippen molar-refractivity contribution in [1.29, 1.82) is 0 Å². The average Bonchev–Trinajstić information content (AvgIpc) is 3.45. The highest BCUT2D eigenvalue weighted by Gasteiger charge is 2.33. The van der Waals surface area contributed by atoms with Crippen LogP contribution in [0.25, 0.3) is 11.0 Å². The van der Waals surface area contributed by atoms with Crippen molar-refractivity contribution in [3.05, 3.63) is 101 Å². The second-order valence-electron chi connectivity index (χ2n) is 11.7. The molecule has 8 rings (SSSR count). The second kappa shape index (κ2) is 12.1. The van der Waals surface area contributed by atoms with Crippen LogP contribution in [0.2, 0.25) is 0 Å². The molecule has 13 heteroatoms. The summed E-state index contributed by atoms with van der Waals surface area (Å²) in [6.07, 6.45) is 6.25. The monoisotopic (exact) mass is 639 g/mol. The van der Waals surface area contributed by atoms with E-state index in [9.17, 15) is 13.2 Å². The van der Waals surface area contributed by atoms with Crippen LogP contribution in [-0.2, 0) is 34.7 Å². The van der Waals surface area contributed by atoms with Gasteiger partial charge in [0.1, 0.15) is 23.3 Å². The first-order valence-electron chi connectivity index (χ1n) is 15.2. The van der Waals surface area contributed by atoms with Crippen molar-refractivity contribution >= 4 is 32.9 Å². The van der Waals surface area contributed by atoms with Crippen LogP contribution < -0.4 is 14.2 Å². The van der Waals surface area contributed by atoms with E-state index in [0.717, 1.165) is 57.3 Å². The van der Waals surface area contributed by atoms with Crippen LogP contribution >= 0.6 is 0 Å². The molecule has 0 radical (unpaired) electrons. The number of carbonyl (C=O) groups excluding carboxylic acids is 1. The quantitative estimate of drug-likeness (QED) is 0.294. The lowest BCUT2D eigenvalue weighted by Gasteiger charge is -2.29. The molecule has 12 nitrogen and oxygen atoms in total. The Bertz CT molecular complexity index is 2050. The number of benzene rings is 3. The second-order valence-corrected chi connectivity index (χ2v) is 13.3. The van der Waals surface area contributed by atoms with Gasteiger partial charge in [-0.2, -0.15) is 12.7 Å². The molecule has 3 aliphatic rings. The standard InChI is InChI=1S/C33H33N7O5S/c1-21-5-6-23-13-24(21)18-39-19-25-14-27(7-10-31(25)45-46(39,42)43)44-12-4-3-11-40-30-9-8-28(22(2)33(30)37-38-40)29(23)15-32(41)36-26-16-34-20-35-17-26/h5-10,13-14,16-17,20,29H,3-4,11-12,15,18-19H2,1-2H3,(H,36,41)/t29-/m1/s1. The Morgan fingerprint density at radius 3 is 2.67 bits per heavy atom. The first-order chi connectivity index (χ1) is 22.2. The fourth-order valence-electron chi connectivity index (χ4n) is 6.14. The number of hydrogen-bond acceptors (Lipinski definition) is 9. The Morgan fingerprint density at radius 1 is 1.00 bits per heavy atom. The van der Waals surface area contributed by atoms with Crippen molar-refractivity contribution in [2.75, 3.05) is 11.9 Å². The maximum atomic E-state index is 13.5. The highest BCUT2D eigenvalue weighted by molar-refractivity contribution is 7.84. The number of aromatic nitrogens is 5. The number of anilines is 1. The summed E-state index contributed by atoms with van der Waals surface area (Å²) in [7, 11) is -4.04. The first-order valence-corrected chi connectivity index (χ1v) is 16.5. The summed E-state index contributed by atoms with van der Waals surface area (Å²) in [5, 5.41) is 11.9. The minimum atomic E-state index is -4.04. The van der Waals surface area contributed by atoms with Gasteiger partial charge in [0.25, 0.3) is 0 Å². The van der Waals surface area contributed by atoms with Crippen LogP contribution in [0.3, 0.4) is 0 Å². The van der Waals surface area contributed by atoms with Gasteiger partial charge in [0.2, 0.25) is 5.91 Å². The number of carbonyl (C=O) groups is 1. The summed E-state index contributed by atoms with van der Waals surface area (Å²) < 4.78 is 41.3. The van der Waals surface area contributed by atoms with Gasteiger partial charge in [-0.1, -0.05) is 29.5 Å². The van der Waals surface area contributed by atoms with E-state index in [1.165, 1.54) is 10.6 Å². The molecule has 0 saturated heterocycles. The largest absolute Gasteiger partial charge is 0.494 e. The molecule has 3 aliphatic heterocycles. The lowest BCUT2D eigenvalue weighted by atomic mass is 9.84. The molecule has 0 saturated carbocycles. The molecular formula is C33H33N7O5S. The molecule has 0 spiro atoms. The van der Waals surface area contributed by atoms with Crippen molar-refractivity contribution < 1.29 is 22.1 Å². The SMILES string of the molecule is Cc1ccc2cc1CN1Cc3cc(ccc3OS1(=O)=O)OCCCCn1nnc3c(C)c(ccc31)[C@@H]2CC(=O)Nc1cncnc1. The van der Waals surface area contributed by atoms with Crippen molar-refractivity contribution in [2.24, 2.45) is 0 Å². The highest BCUT2D eigenvalue weighted by atomic mass is 32.2. The summed E-state index contributed by atoms with van der Waals surface area (Å²) in [5.74, 6) is 0.395. The fourth-order valence-corrected chi connectivity index (χ4v) is 7.23. The van der Waals surface area contributed by atoms with Gasteiger partial charge in [0.05, 0.1) is 30.2 Å². The van der Waals surface area contributed by atoms with Crippen LogP contribution in [0.15, 0.2) is 67.3 Å². The third-order valence-electron chi connectivity index (χ3n) is 8.64. The molecule has 5 aromatic rings. The highest BCUT2D eigenvalue weighted by Crippen LogP contribution is 2.37. The van der Waals surface area contributed by atoms with Crippen LogP contribution in [0, 0.1) is 13.8 Å². The average molecular weight is 640 g/mol. The molecule has 2 aromatic heterocycles. The Kier molecular flexibility index (Phi) is 7.87. The lowest BCUT2D eigenvalue weighted by Crippen LogP contribution is -2.37. The van der Waals surface area contributed by atoms with Crippen molar-refractivity contribution in [3.63, 3.8) is 0 Å². The summed E-state index contributed by atoms with van der Waals surface area (Å²) in [4.78, 5) is 21.5. The fraction of sp³-hybridized carbons (Fsp3) is 0.303. The van der Waals surface area contributed by atoms with Gasteiger partial charge in [-0.15, -0.1) is 5.10 Å². The van der Waals surface area contributed by atoms with E-state index in [1.54, 1.807) is 24.5 Å². The van der Waals surface area contributed by atoms with E-state index < -0.39 is 10.3 Å². The van der Waals surface area contributed by atoms with E-state index in [1.807, 2.05) is 54.9 Å². The zero-order valence-corrected chi connectivity index (χ0v) is 26.3. The van der Waals surface area contributed by atoms with Gasteiger partial charge in [0, 0.05) is 37.5 Å². The molecular weight excluding hydrogens is 606 g/mol. The van der Waals surface area contributed by atoms with Crippen LogP contribution in [0.4, 0.5) is 5.69 Å². The number of hydrogen-bond donors (Lipinski definition) is 1. The zero-order valence-electron chi connectivity index (χ0n) is 25.5. The van der Waals surface area contributed by atoms with Crippen molar-refractivity contribution in [2.45, 2.75) is 58.7 Å². The smallest absolute Gasteiger partial charge is 0.385 e. The van der Waals surface area contributed by atoms with E-state index in [4.69, 9.17) is 8.92 Å². The molecule has 0 fully saturated rings. The zero-order chi connectivity index (χ0) is 31.8. The molecule has 0 aliphatic carbocycles. The summed E-state index contributed by atoms with van der Waals surface area (Å²) in [5.41, 5.74) is 7.41. The number of fused-ring (bicyclic) bond motifs is 5. The molecule has 236 valence electrons. The Labute approximate surface area is 266 Å². The third kappa shape index (κ3) is 5.90. The van der Waals surface area contributed by atoms with Gasteiger partial charge in [-0.05, 0) is 78.8 Å². The van der Waals surface area contributed by atoms with E-state index in [2.05, 4.69) is 25.6 Å². The minimum absolute atomic E-state index is 0.0964. The molecule has 1 N–H and O–H groups in total. The van der Waals surface area contributed by atoms with Crippen molar-refractivity contribution in [1.82, 2.24) is 29.3 Å². The number of nitrogens with zero attached hydrogens (tertiary/aromatic N) is 6. The lowest BCUT2D eigenvalue weighted by molar-refractivity contribution is -0.116. The van der Waals surface area contributed by atoms with E-state index in [-0.39, 0.29) is 31.3 Å². The summed E-state index contributed by atoms with van der Waals surface area (Å²) >= 11 is 0. The predicted molar refractivity (Wildman–Crippen MR) is 171 cm³/mol. The Balaban J connectivity index is 1.32. The number of rotatable bonds is 3. The Hall–Kier alpha value is -4.88. The number of nitrogens with one attached hydrogen (secondary N) is 1. The van der Waals surface area contributed by atoms with Crippen LogP contribution in [-0.4, -0.2) is 50.2 Å². The number of aryl methyl sites for hydroxylation is 3. The van der Waals surface area contributed by atoms with Crippen molar-refractivity contribution in [3.8, 4) is 11.5 Å². The van der Waals surface area contributed by atoms with Gasteiger partial charge >= 0.3 is 10.3 Å². The van der Waals surface area contributed by atoms with Crippen LogP contribution in [0.5, 0.6) is 11.5 Å². The first kappa shape index (κ1) is 29.8. The van der Waals surface area contributed by atoms with E-state index >= 15 is 0 Å². The van der Waals surface area contributed by atoms with Gasteiger partial charge in [-0.3, -0.25) is 4.79 Å². The topological polar surface area (TPSA) is 141 Å². The molecule has 3 aromatic carbocycles. The third-order valence-corrected chi connectivity index (χ3v) is 9.92. The molecule has 1 unspecified atom stereocenters. The number of amides is 1. The van der Waals surface area contributed by atoms with Crippen LogP contribution in [0.1, 0.15) is 58.6 Å². The number of ether oxygens (including phenoxy) is 1. The maximum Gasteiger partial charge on any atom is 0.385 e. The molecule has 5 heterocycles. The van der Waals surface area contributed by atoms with Gasteiger partial charge in [0.15, 0.2) is 0 Å². The molecule has 2 atom stereocenters. The minimum Gasteiger partial charge on any atom is -0.494 e. The molecule has 1 amide bonds. The van der Waals surface area contributed by atoms with E-state index in [0.29, 0.717) is 30.3 Å². The summed E-state index contributed by atoms with van der Waals surface area (Å²) in [6.45, 7) is 5.37. The van der Waals surface area contributed by atoms with Gasteiger partial charge in [-0.25, -0.2) is 14.6 Å². The molecule has 9 bridgehead atoms. The normalized spacial score (nSPS) is 19.0. The predicted octanol–water partition coefficient (Wildman–Crippen LogP) is 4.81.